The summed E-state index contributed by atoms with van der Waals surface area (Å²) in [5, 5.41) is 0. The van der Waals surface area contributed by atoms with Crippen LogP contribution >= 0.6 is 0 Å². The Morgan fingerprint density at radius 2 is 1.71 bits per heavy atom. The van der Waals surface area contributed by atoms with E-state index >= 15 is 0 Å². The molecule has 0 heterocycles. The van der Waals surface area contributed by atoms with Crippen molar-refractivity contribution in [2.75, 3.05) is 0 Å². The lowest BCUT2D eigenvalue weighted by Gasteiger charge is -1.99. The van der Waals surface area contributed by atoms with Crippen molar-refractivity contribution >= 4 is 0 Å². The Labute approximate surface area is 81.1 Å². The highest BCUT2D eigenvalue weighted by atomic mass is 19.4. The van der Waals surface area contributed by atoms with Gasteiger partial charge in [-0.2, -0.15) is 13.2 Å². The summed E-state index contributed by atoms with van der Waals surface area (Å²) in [7, 11) is 0. The van der Waals surface area contributed by atoms with Crippen LogP contribution in [0.2, 0.25) is 0 Å². The Kier molecular flexibility index (Phi) is 3.33. The minimum atomic E-state index is -4.20. The van der Waals surface area contributed by atoms with E-state index in [1.54, 1.807) is 0 Å². The van der Waals surface area contributed by atoms with E-state index in [9.17, 15) is 13.2 Å². The van der Waals surface area contributed by atoms with E-state index in [2.05, 4.69) is 0 Å². The van der Waals surface area contributed by atoms with Crippen LogP contribution in [0.15, 0.2) is 36.4 Å². The standard InChI is InChI=1S/C11H11F3/c1-9-4-6-10(7-5-9)3-2-8-11(12,13)14/h2,4-8H,3H2,1H3/b8-2+. The zero-order valence-corrected chi connectivity index (χ0v) is 7.81. The molecule has 0 aliphatic carbocycles. The summed E-state index contributed by atoms with van der Waals surface area (Å²) in [5.41, 5.74) is 1.99. The topological polar surface area (TPSA) is 0 Å². The SMILES string of the molecule is Cc1ccc(C/C=C/C(F)(F)F)cc1. The van der Waals surface area contributed by atoms with Crippen LogP contribution in [0.25, 0.3) is 0 Å². The number of rotatable bonds is 2. The van der Waals surface area contributed by atoms with Crippen molar-refractivity contribution in [3.8, 4) is 0 Å². The zero-order chi connectivity index (χ0) is 10.6. The molecule has 1 aromatic carbocycles. The van der Waals surface area contributed by atoms with E-state index < -0.39 is 6.18 Å². The Bertz CT molecular complexity index is 306. The van der Waals surface area contributed by atoms with Gasteiger partial charge in [0.25, 0.3) is 0 Å². The molecule has 1 rings (SSSR count). The first kappa shape index (κ1) is 10.8. The molecule has 0 nitrogen and oxygen atoms in total. The van der Waals surface area contributed by atoms with E-state index in [-0.39, 0.29) is 6.08 Å². The van der Waals surface area contributed by atoms with Gasteiger partial charge in [0.05, 0.1) is 0 Å². The van der Waals surface area contributed by atoms with Crippen molar-refractivity contribution < 1.29 is 13.2 Å². The second-order valence-corrected chi connectivity index (χ2v) is 3.13. The highest BCUT2D eigenvalue weighted by molar-refractivity contribution is 5.23. The second kappa shape index (κ2) is 4.31. The van der Waals surface area contributed by atoms with Gasteiger partial charge in [0.15, 0.2) is 0 Å². The van der Waals surface area contributed by atoms with Gasteiger partial charge in [0.2, 0.25) is 0 Å². The summed E-state index contributed by atoms with van der Waals surface area (Å²) >= 11 is 0. The molecule has 0 N–H and O–H groups in total. The van der Waals surface area contributed by atoms with Crippen molar-refractivity contribution in [1.29, 1.82) is 0 Å². The molecule has 0 bridgehead atoms. The fourth-order valence-corrected chi connectivity index (χ4v) is 1.05. The van der Waals surface area contributed by atoms with Crippen molar-refractivity contribution in [2.24, 2.45) is 0 Å². The highest BCUT2D eigenvalue weighted by Gasteiger charge is 2.21. The molecule has 0 saturated heterocycles. The molecule has 0 atom stereocenters. The summed E-state index contributed by atoms with van der Waals surface area (Å²) in [6, 6.07) is 7.43. The normalized spacial score (nSPS) is 12.3. The van der Waals surface area contributed by atoms with Crippen LogP contribution in [0.3, 0.4) is 0 Å². The van der Waals surface area contributed by atoms with Gasteiger partial charge in [0, 0.05) is 6.08 Å². The molecular weight excluding hydrogens is 189 g/mol. The summed E-state index contributed by atoms with van der Waals surface area (Å²) < 4.78 is 35.2. The average molecular weight is 200 g/mol. The fraction of sp³-hybridized carbons (Fsp3) is 0.273. The molecule has 0 unspecified atom stereocenters. The van der Waals surface area contributed by atoms with Crippen LogP contribution in [0, 0.1) is 6.92 Å². The van der Waals surface area contributed by atoms with Crippen LogP contribution in [-0.4, -0.2) is 6.18 Å². The zero-order valence-electron chi connectivity index (χ0n) is 7.81. The summed E-state index contributed by atoms with van der Waals surface area (Å²) in [4.78, 5) is 0. The van der Waals surface area contributed by atoms with E-state index in [0.717, 1.165) is 17.2 Å². The molecule has 0 aliphatic rings. The van der Waals surface area contributed by atoms with E-state index in [1.807, 2.05) is 31.2 Å². The van der Waals surface area contributed by atoms with Crippen molar-refractivity contribution in [1.82, 2.24) is 0 Å². The van der Waals surface area contributed by atoms with Crippen molar-refractivity contribution in [2.45, 2.75) is 19.5 Å². The van der Waals surface area contributed by atoms with Crippen LogP contribution in [0.1, 0.15) is 11.1 Å². The highest BCUT2D eigenvalue weighted by Crippen LogP contribution is 2.16. The van der Waals surface area contributed by atoms with Crippen LogP contribution in [-0.2, 0) is 6.42 Å². The molecular formula is C11H11F3. The molecule has 14 heavy (non-hydrogen) atoms. The summed E-state index contributed by atoms with van der Waals surface area (Å²) in [5.74, 6) is 0. The van der Waals surface area contributed by atoms with E-state index in [0.29, 0.717) is 6.42 Å². The molecule has 0 aliphatic heterocycles. The number of allylic oxidation sites excluding steroid dienone is 2. The van der Waals surface area contributed by atoms with Crippen LogP contribution < -0.4 is 0 Å². The molecule has 0 spiro atoms. The molecule has 1 aromatic rings. The Morgan fingerprint density at radius 3 is 2.21 bits per heavy atom. The molecule has 0 saturated carbocycles. The maximum atomic E-state index is 11.7. The molecule has 76 valence electrons. The fourth-order valence-electron chi connectivity index (χ4n) is 1.05. The van der Waals surface area contributed by atoms with E-state index in [4.69, 9.17) is 0 Å². The first-order valence-electron chi connectivity index (χ1n) is 4.27. The van der Waals surface area contributed by atoms with Gasteiger partial charge in [-0.3, -0.25) is 0 Å². The lowest BCUT2D eigenvalue weighted by atomic mass is 10.1. The van der Waals surface area contributed by atoms with Crippen molar-refractivity contribution in [3.63, 3.8) is 0 Å². The Morgan fingerprint density at radius 1 is 1.14 bits per heavy atom. The first-order chi connectivity index (χ1) is 6.47. The third-order valence-electron chi connectivity index (χ3n) is 1.78. The number of hydrogen-bond donors (Lipinski definition) is 0. The van der Waals surface area contributed by atoms with Gasteiger partial charge < -0.3 is 0 Å². The molecule has 0 aromatic heterocycles. The van der Waals surface area contributed by atoms with Gasteiger partial charge in [-0.25, -0.2) is 0 Å². The smallest absolute Gasteiger partial charge is 0.167 e. The van der Waals surface area contributed by atoms with Crippen LogP contribution in [0.5, 0.6) is 0 Å². The Hall–Kier alpha value is -1.25. The lowest BCUT2D eigenvalue weighted by Crippen LogP contribution is -2.00. The maximum absolute atomic E-state index is 11.7. The number of benzene rings is 1. The van der Waals surface area contributed by atoms with Gasteiger partial charge in [0.1, 0.15) is 0 Å². The van der Waals surface area contributed by atoms with Crippen molar-refractivity contribution in [3.05, 3.63) is 47.5 Å². The average Bonchev–Trinajstić information content (AvgIpc) is 2.06. The molecule has 0 radical (unpaired) electrons. The first-order valence-corrected chi connectivity index (χ1v) is 4.27. The minimum Gasteiger partial charge on any atom is -0.167 e. The summed E-state index contributed by atoms with van der Waals surface area (Å²) in [6.07, 6.45) is -2.48. The van der Waals surface area contributed by atoms with Gasteiger partial charge in [-0.15, -0.1) is 0 Å². The third-order valence-corrected chi connectivity index (χ3v) is 1.78. The minimum absolute atomic E-state index is 0.271. The summed E-state index contributed by atoms with van der Waals surface area (Å²) in [6.45, 7) is 1.94. The lowest BCUT2D eigenvalue weighted by molar-refractivity contribution is -0.0800. The van der Waals surface area contributed by atoms with Gasteiger partial charge >= 0.3 is 6.18 Å². The predicted octanol–water partition coefficient (Wildman–Crippen LogP) is 3.66. The number of halogens is 3. The van der Waals surface area contributed by atoms with Gasteiger partial charge in [-0.1, -0.05) is 35.9 Å². The predicted molar refractivity (Wildman–Crippen MR) is 50.1 cm³/mol. The molecule has 0 amide bonds. The maximum Gasteiger partial charge on any atom is 0.409 e. The monoisotopic (exact) mass is 200 g/mol. The molecule has 0 fully saturated rings. The largest absolute Gasteiger partial charge is 0.409 e. The van der Waals surface area contributed by atoms with E-state index in [1.165, 1.54) is 0 Å². The number of hydrogen-bond acceptors (Lipinski definition) is 0. The Balaban J connectivity index is 2.54. The number of aryl methyl sites for hydroxylation is 1. The van der Waals surface area contributed by atoms with Crippen LogP contribution in [0.4, 0.5) is 13.2 Å². The number of alkyl halides is 3. The third kappa shape index (κ3) is 4.12. The second-order valence-electron chi connectivity index (χ2n) is 3.13. The quantitative estimate of drug-likeness (QED) is 0.639. The molecule has 3 heteroatoms. The van der Waals surface area contributed by atoms with Gasteiger partial charge in [-0.05, 0) is 18.9 Å².